The summed E-state index contributed by atoms with van der Waals surface area (Å²) in [7, 11) is 3.18. The van der Waals surface area contributed by atoms with E-state index in [-0.39, 0.29) is 11.2 Å². The van der Waals surface area contributed by atoms with Crippen LogP contribution in [0.25, 0.3) is 11.2 Å². The minimum atomic E-state index is -0.361. The maximum atomic E-state index is 13.0. The molecule has 8 heteroatoms. The molecule has 0 bridgehead atoms. The molecule has 0 amide bonds. The lowest BCUT2D eigenvalue weighted by atomic mass is 10.00. The van der Waals surface area contributed by atoms with Crippen LogP contribution in [0.1, 0.15) is 44.0 Å². The first kappa shape index (κ1) is 20.9. The molecule has 1 fully saturated rings. The van der Waals surface area contributed by atoms with Crippen molar-refractivity contribution in [3.8, 4) is 0 Å². The third-order valence-corrected chi connectivity index (χ3v) is 6.50. The van der Waals surface area contributed by atoms with E-state index in [1.54, 1.807) is 7.05 Å². The van der Waals surface area contributed by atoms with Gasteiger partial charge in [-0.25, -0.2) is 9.78 Å². The molecule has 1 aromatic carbocycles. The molecule has 3 heterocycles. The predicted molar refractivity (Wildman–Crippen MR) is 119 cm³/mol. The largest absolute Gasteiger partial charge is 0.332 e. The molecule has 0 spiro atoms. The third-order valence-electron chi connectivity index (χ3n) is 6.25. The summed E-state index contributed by atoms with van der Waals surface area (Å²) in [6.45, 7) is 4.41. The number of benzene rings is 1. The molecule has 30 heavy (non-hydrogen) atoms. The Labute approximate surface area is 180 Å². The Morgan fingerprint density at radius 1 is 1.07 bits per heavy atom. The maximum Gasteiger partial charge on any atom is 0.332 e. The van der Waals surface area contributed by atoms with Gasteiger partial charge in [-0.05, 0) is 43.5 Å². The van der Waals surface area contributed by atoms with Crippen molar-refractivity contribution >= 4 is 22.8 Å². The van der Waals surface area contributed by atoms with Crippen LogP contribution < -0.4 is 11.2 Å². The molecule has 0 N–H and O–H groups in total. The monoisotopic (exact) mass is 429 g/mol. The predicted octanol–water partition coefficient (Wildman–Crippen LogP) is 2.90. The minimum absolute atomic E-state index is 0.313. The van der Waals surface area contributed by atoms with E-state index in [1.807, 2.05) is 28.8 Å². The highest BCUT2D eigenvalue weighted by molar-refractivity contribution is 6.30. The lowest BCUT2D eigenvalue weighted by Gasteiger charge is -2.34. The topological polar surface area (TPSA) is 65.1 Å². The Balaban J connectivity index is 1.86. The molecule has 1 atom stereocenters. The lowest BCUT2D eigenvalue weighted by Crippen LogP contribution is -2.39. The second-order valence-corrected chi connectivity index (χ2v) is 8.58. The van der Waals surface area contributed by atoms with Gasteiger partial charge in [0.25, 0.3) is 5.56 Å². The van der Waals surface area contributed by atoms with Gasteiger partial charge < -0.3 is 4.57 Å². The van der Waals surface area contributed by atoms with Gasteiger partial charge in [0.05, 0.1) is 6.54 Å². The zero-order chi connectivity index (χ0) is 21.4. The van der Waals surface area contributed by atoms with Gasteiger partial charge in [0.2, 0.25) is 0 Å². The normalized spacial score (nSPS) is 17.7. The van der Waals surface area contributed by atoms with Crippen molar-refractivity contribution < 1.29 is 0 Å². The molecule has 3 aromatic rings. The Hall–Kier alpha value is -2.38. The lowest BCUT2D eigenvalue weighted by molar-refractivity contribution is 0.131. The van der Waals surface area contributed by atoms with E-state index in [1.165, 1.54) is 30.9 Å². The smallest absolute Gasteiger partial charge is 0.317 e. The number of fused-ring (bicyclic) bond motifs is 1. The molecule has 1 aliphatic rings. The quantitative estimate of drug-likeness (QED) is 0.625. The number of aryl methyl sites for hydroxylation is 1. The number of piperidine rings is 1. The fourth-order valence-corrected chi connectivity index (χ4v) is 4.59. The van der Waals surface area contributed by atoms with Crippen LogP contribution in [0, 0.1) is 0 Å². The van der Waals surface area contributed by atoms with Crippen molar-refractivity contribution in [1.82, 2.24) is 23.6 Å². The van der Waals surface area contributed by atoms with Crippen molar-refractivity contribution in [3.05, 3.63) is 61.5 Å². The third kappa shape index (κ3) is 3.72. The van der Waals surface area contributed by atoms with Gasteiger partial charge in [0.15, 0.2) is 11.2 Å². The molecule has 7 nitrogen and oxygen atoms in total. The summed E-state index contributed by atoms with van der Waals surface area (Å²) in [4.78, 5) is 32.8. The molecule has 160 valence electrons. The van der Waals surface area contributed by atoms with Gasteiger partial charge in [-0.3, -0.25) is 18.8 Å². The van der Waals surface area contributed by atoms with Crippen LogP contribution in [0.2, 0.25) is 5.02 Å². The first-order valence-corrected chi connectivity index (χ1v) is 10.9. The number of likely N-dealkylation sites (tertiary alicyclic amines) is 1. The number of hydrogen-bond donors (Lipinski definition) is 0. The van der Waals surface area contributed by atoms with E-state index in [9.17, 15) is 9.59 Å². The zero-order valence-corrected chi connectivity index (χ0v) is 18.5. The summed E-state index contributed by atoms with van der Waals surface area (Å²) in [5, 5.41) is 0.673. The number of hydrogen-bond acceptors (Lipinski definition) is 4. The maximum absolute atomic E-state index is 13.0. The van der Waals surface area contributed by atoms with Crippen molar-refractivity contribution in [1.29, 1.82) is 0 Å². The first-order chi connectivity index (χ1) is 14.4. The van der Waals surface area contributed by atoms with Gasteiger partial charge in [-0.2, -0.15) is 0 Å². The van der Waals surface area contributed by atoms with Crippen LogP contribution >= 0.6 is 11.6 Å². The number of nitrogens with zero attached hydrogens (tertiary/aromatic N) is 5. The van der Waals surface area contributed by atoms with Crippen molar-refractivity contribution in [2.75, 3.05) is 6.54 Å². The molecule has 0 aliphatic carbocycles. The number of rotatable bonds is 5. The van der Waals surface area contributed by atoms with Crippen molar-refractivity contribution in [2.24, 2.45) is 14.1 Å². The van der Waals surface area contributed by atoms with E-state index in [4.69, 9.17) is 16.6 Å². The molecule has 0 radical (unpaired) electrons. The van der Waals surface area contributed by atoms with E-state index < -0.39 is 0 Å². The van der Waals surface area contributed by atoms with E-state index in [2.05, 4.69) is 11.8 Å². The second-order valence-electron chi connectivity index (χ2n) is 8.15. The molecular weight excluding hydrogens is 402 g/mol. The molecule has 2 aromatic heterocycles. The molecule has 1 aliphatic heterocycles. The molecule has 1 saturated heterocycles. The fraction of sp³-hybridized carbons (Fsp3) is 0.500. The van der Waals surface area contributed by atoms with Crippen molar-refractivity contribution in [3.63, 3.8) is 0 Å². The highest BCUT2D eigenvalue weighted by atomic mass is 35.5. The average Bonchev–Trinajstić information content (AvgIpc) is 3.10. The van der Waals surface area contributed by atoms with Gasteiger partial charge in [0, 0.05) is 31.7 Å². The summed E-state index contributed by atoms with van der Waals surface area (Å²) >= 11 is 6.05. The summed E-state index contributed by atoms with van der Waals surface area (Å²) in [5.74, 6) is 0.818. The van der Waals surface area contributed by atoms with Gasteiger partial charge in [-0.1, -0.05) is 37.1 Å². The average molecular weight is 430 g/mol. The number of imidazole rings is 1. The van der Waals surface area contributed by atoms with Gasteiger partial charge in [0.1, 0.15) is 5.82 Å². The minimum Gasteiger partial charge on any atom is -0.317 e. The Morgan fingerprint density at radius 2 is 1.80 bits per heavy atom. The highest BCUT2D eigenvalue weighted by Gasteiger charge is 2.25. The van der Waals surface area contributed by atoms with Crippen molar-refractivity contribution in [2.45, 2.75) is 51.7 Å². The summed E-state index contributed by atoms with van der Waals surface area (Å²) in [6, 6.07) is 8.14. The molecule has 4 rings (SSSR count). The molecule has 0 saturated carbocycles. The fourth-order valence-electron chi connectivity index (χ4n) is 4.47. The molecular formula is C22H28ClN5O2. The van der Waals surface area contributed by atoms with Crippen LogP contribution in [0.15, 0.2) is 33.9 Å². The van der Waals surface area contributed by atoms with Crippen LogP contribution in [0.5, 0.6) is 0 Å². The van der Waals surface area contributed by atoms with Crippen LogP contribution in [-0.4, -0.2) is 36.2 Å². The standard InChI is InChI=1S/C22H28ClN5O2/c1-4-17-7-5-6-12-27(17)14-18-24-20-19(21(29)26(3)22(30)25(20)2)28(18)13-15-8-10-16(23)11-9-15/h8-11,17H,4-7,12-14H2,1-3H3/t17-/m0/s1. The zero-order valence-electron chi connectivity index (χ0n) is 17.8. The summed E-state index contributed by atoms with van der Waals surface area (Å²) in [6.07, 6.45) is 4.71. The Bertz CT molecular complexity index is 1180. The Morgan fingerprint density at radius 3 is 2.50 bits per heavy atom. The highest BCUT2D eigenvalue weighted by Crippen LogP contribution is 2.23. The summed E-state index contributed by atoms with van der Waals surface area (Å²) in [5.41, 5.74) is 1.26. The van der Waals surface area contributed by atoms with Crippen LogP contribution in [0.4, 0.5) is 0 Å². The number of aromatic nitrogens is 4. The SMILES string of the molecule is CC[C@H]1CCCCN1Cc1nc2c(c(=O)n(C)c(=O)n2C)n1Cc1ccc(Cl)cc1. The number of halogens is 1. The van der Waals surface area contributed by atoms with Crippen LogP contribution in [0.3, 0.4) is 0 Å². The van der Waals surface area contributed by atoms with E-state index in [0.29, 0.717) is 35.3 Å². The Kier molecular flexibility index (Phi) is 5.84. The van der Waals surface area contributed by atoms with Crippen LogP contribution in [-0.2, 0) is 27.2 Å². The first-order valence-electron chi connectivity index (χ1n) is 10.5. The van der Waals surface area contributed by atoms with Gasteiger partial charge in [-0.15, -0.1) is 0 Å². The van der Waals surface area contributed by atoms with E-state index in [0.717, 1.165) is 28.9 Å². The second kappa shape index (κ2) is 8.40. The molecule has 0 unspecified atom stereocenters. The van der Waals surface area contributed by atoms with E-state index >= 15 is 0 Å². The summed E-state index contributed by atoms with van der Waals surface area (Å²) < 4.78 is 4.59. The van der Waals surface area contributed by atoms with Gasteiger partial charge >= 0.3 is 5.69 Å².